The molecule has 0 amide bonds. The third-order valence-electron chi connectivity index (χ3n) is 4.70. The van der Waals surface area contributed by atoms with E-state index in [2.05, 4.69) is 15.6 Å². The molecule has 0 radical (unpaired) electrons. The van der Waals surface area contributed by atoms with Gasteiger partial charge in [-0.05, 0) is 49.6 Å². The van der Waals surface area contributed by atoms with Gasteiger partial charge in [0.25, 0.3) is 0 Å². The summed E-state index contributed by atoms with van der Waals surface area (Å²) in [5.41, 5.74) is 1.45. The molecule has 0 aliphatic carbocycles. The number of guanidine groups is 1. The van der Waals surface area contributed by atoms with Crippen LogP contribution in [0.1, 0.15) is 18.9 Å². The maximum Gasteiger partial charge on any atom is 0.191 e. The first-order valence-corrected chi connectivity index (χ1v) is 9.58. The van der Waals surface area contributed by atoms with Gasteiger partial charge in [-0.25, -0.2) is 8.78 Å². The lowest BCUT2D eigenvalue weighted by molar-refractivity contribution is 0.474. The van der Waals surface area contributed by atoms with Gasteiger partial charge in [-0.1, -0.05) is 12.1 Å². The Morgan fingerprint density at radius 1 is 1.24 bits per heavy atom. The zero-order chi connectivity index (χ0) is 19.9. The monoisotopic (exact) mass is 516 g/mol. The molecule has 1 atom stereocenters. The quantitative estimate of drug-likeness (QED) is 0.312. The summed E-state index contributed by atoms with van der Waals surface area (Å²) >= 11 is 0. The normalized spacial score (nSPS) is 16.4. The van der Waals surface area contributed by atoms with Gasteiger partial charge in [0, 0.05) is 38.3 Å². The maximum absolute atomic E-state index is 14.0. The average Bonchev–Trinajstić information content (AvgIpc) is 3.10. The highest BCUT2D eigenvalue weighted by Gasteiger charge is 2.25. The third kappa shape index (κ3) is 6.73. The fourth-order valence-corrected chi connectivity index (χ4v) is 3.36. The molecular weight excluding hydrogens is 489 g/mol. The summed E-state index contributed by atoms with van der Waals surface area (Å²) in [6, 6.07) is 11.0. The van der Waals surface area contributed by atoms with Gasteiger partial charge < -0.3 is 20.6 Å². The van der Waals surface area contributed by atoms with Gasteiger partial charge in [0.2, 0.25) is 0 Å². The van der Waals surface area contributed by atoms with Crippen LogP contribution in [0.3, 0.4) is 0 Å². The fourth-order valence-electron chi connectivity index (χ4n) is 3.36. The van der Waals surface area contributed by atoms with Crippen molar-refractivity contribution in [2.45, 2.75) is 25.8 Å². The zero-order valence-electron chi connectivity index (χ0n) is 16.4. The Morgan fingerprint density at radius 3 is 2.79 bits per heavy atom. The second-order valence-electron chi connectivity index (χ2n) is 6.85. The molecule has 29 heavy (non-hydrogen) atoms. The molecule has 2 aromatic rings. The molecule has 1 saturated heterocycles. The van der Waals surface area contributed by atoms with Gasteiger partial charge in [0.15, 0.2) is 5.96 Å². The molecule has 2 aromatic carbocycles. The van der Waals surface area contributed by atoms with Crippen LogP contribution in [0.2, 0.25) is 0 Å². The van der Waals surface area contributed by atoms with Crippen LogP contribution in [0.25, 0.3) is 0 Å². The molecule has 1 aliphatic rings. The molecule has 1 unspecified atom stereocenters. The molecule has 0 bridgehead atoms. The second kappa shape index (κ2) is 11.2. The van der Waals surface area contributed by atoms with Crippen LogP contribution in [0.4, 0.5) is 14.5 Å². The van der Waals surface area contributed by atoms with Gasteiger partial charge in [-0.15, -0.1) is 24.0 Å². The topological polar surface area (TPSA) is 59.9 Å². The number of hydrogen-bond acceptors (Lipinski definition) is 3. The third-order valence-corrected chi connectivity index (χ3v) is 4.70. The van der Waals surface area contributed by atoms with E-state index in [-0.39, 0.29) is 35.8 Å². The van der Waals surface area contributed by atoms with Crippen molar-refractivity contribution in [2.24, 2.45) is 4.99 Å². The number of phenols is 1. The molecule has 1 fully saturated rings. The molecule has 3 N–H and O–H groups in total. The minimum atomic E-state index is -0.566. The zero-order valence-corrected chi connectivity index (χ0v) is 18.7. The number of halogens is 3. The van der Waals surface area contributed by atoms with Gasteiger partial charge in [-0.3, -0.25) is 4.99 Å². The number of aromatic hydroxyl groups is 1. The van der Waals surface area contributed by atoms with Crippen LogP contribution in [-0.4, -0.2) is 43.3 Å². The minimum absolute atomic E-state index is 0. The molecule has 0 aromatic heterocycles. The lowest BCUT2D eigenvalue weighted by atomic mass is 10.1. The molecule has 1 heterocycles. The van der Waals surface area contributed by atoms with Crippen LogP contribution < -0.4 is 15.5 Å². The van der Waals surface area contributed by atoms with Crippen molar-refractivity contribution in [3.63, 3.8) is 0 Å². The van der Waals surface area contributed by atoms with E-state index in [9.17, 15) is 13.9 Å². The summed E-state index contributed by atoms with van der Waals surface area (Å²) in [5.74, 6) is -0.129. The Morgan fingerprint density at radius 2 is 2.07 bits per heavy atom. The highest BCUT2D eigenvalue weighted by molar-refractivity contribution is 14.0. The predicted octanol–water partition coefficient (Wildman–Crippen LogP) is 3.66. The average molecular weight is 516 g/mol. The lowest BCUT2D eigenvalue weighted by Gasteiger charge is -2.21. The molecule has 8 heteroatoms. The van der Waals surface area contributed by atoms with Crippen molar-refractivity contribution < 1.29 is 13.9 Å². The molecule has 5 nitrogen and oxygen atoms in total. The van der Waals surface area contributed by atoms with E-state index in [4.69, 9.17) is 0 Å². The highest BCUT2D eigenvalue weighted by Crippen LogP contribution is 2.24. The first-order valence-electron chi connectivity index (χ1n) is 9.58. The van der Waals surface area contributed by atoms with E-state index in [0.29, 0.717) is 31.3 Å². The van der Waals surface area contributed by atoms with Crippen molar-refractivity contribution >= 4 is 35.6 Å². The maximum atomic E-state index is 14.0. The summed E-state index contributed by atoms with van der Waals surface area (Å²) in [4.78, 5) is 6.52. The lowest BCUT2D eigenvalue weighted by Crippen LogP contribution is -2.44. The van der Waals surface area contributed by atoms with Crippen LogP contribution >= 0.6 is 24.0 Å². The standard InChI is InChI=1S/C21H26F2N4O.HI/c1-2-24-21(25-10-8-15-4-3-5-18(28)12-15)26-17-9-11-27(14-17)20-7-6-16(22)13-19(20)23;/h3-7,12-13,17,28H,2,8-11,14H2,1H3,(H2,24,25,26);1H. The summed E-state index contributed by atoms with van der Waals surface area (Å²) in [7, 11) is 0. The van der Waals surface area contributed by atoms with Crippen LogP contribution in [0.15, 0.2) is 47.5 Å². The van der Waals surface area contributed by atoms with Crippen molar-refractivity contribution in [1.29, 1.82) is 0 Å². The fraction of sp³-hybridized carbons (Fsp3) is 0.381. The summed E-state index contributed by atoms with van der Waals surface area (Å²) in [6.45, 7) is 4.65. The molecule has 158 valence electrons. The summed E-state index contributed by atoms with van der Waals surface area (Å²) < 4.78 is 27.1. The first-order chi connectivity index (χ1) is 13.5. The van der Waals surface area contributed by atoms with Crippen molar-refractivity contribution in [1.82, 2.24) is 10.6 Å². The first kappa shape index (κ1) is 23.2. The Bertz CT molecular complexity index is 834. The van der Waals surface area contributed by atoms with Crippen LogP contribution in [-0.2, 0) is 6.42 Å². The minimum Gasteiger partial charge on any atom is -0.508 e. The van der Waals surface area contributed by atoms with E-state index in [0.717, 1.165) is 31.0 Å². The Kier molecular flexibility index (Phi) is 8.94. The molecule has 0 spiro atoms. The smallest absolute Gasteiger partial charge is 0.191 e. The highest BCUT2D eigenvalue weighted by atomic mass is 127. The molecule has 3 rings (SSSR count). The number of benzene rings is 2. The Hall–Kier alpha value is -2.10. The van der Waals surface area contributed by atoms with Gasteiger partial charge >= 0.3 is 0 Å². The van der Waals surface area contributed by atoms with Crippen molar-refractivity contribution in [3.8, 4) is 5.75 Å². The predicted molar refractivity (Wildman–Crippen MR) is 123 cm³/mol. The SMILES string of the molecule is CCNC(=NCCc1cccc(O)c1)NC1CCN(c2ccc(F)cc2F)C1.I. The number of phenolic OH excluding ortho intramolecular Hbond substituents is 1. The van der Waals surface area contributed by atoms with E-state index >= 15 is 0 Å². The van der Waals surface area contributed by atoms with Crippen molar-refractivity contribution in [2.75, 3.05) is 31.1 Å². The molecular formula is C21H27F2IN4O. The van der Waals surface area contributed by atoms with Gasteiger partial charge in [0.05, 0.1) is 5.69 Å². The van der Waals surface area contributed by atoms with Crippen LogP contribution in [0.5, 0.6) is 5.75 Å². The number of rotatable bonds is 6. The van der Waals surface area contributed by atoms with E-state index < -0.39 is 11.6 Å². The van der Waals surface area contributed by atoms with E-state index in [1.54, 1.807) is 12.1 Å². The number of aliphatic imine (C=N–C) groups is 1. The number of nitrogens with zero attached hydrogens (tertiary/aromatic N) is 2. The van der Waals surface area contributed by atoms with Crippen molar-refractivity contribution in [3.05, 3.63) is 59.7 Å². The second-order valence-corrected chi connectivity index (χ2v) is 6.85. The Labute approximate surface area is 187 Å². The van der Waals surface area contributed by atoms with Gasteiger partial charge in [0.1, 0.15) is 17.4 Å². The van der Waals surface area contributed by atoms with Gasteiger partial charge in [-0.2, -0.15) is 0 Å². The summed E-state index contributed by atoms with van der Waals surface area (Å²) in [5, 5.41) is 16.2. The van der Waals surface area contributed by atoms with E-state index in [1.807, 2.05) is 24.0 Å². The summed E-state index contributed by atoms with van der Waals surface area (Å²) in [6.07, 6.45) is 1.57. The number of nitrogens with one attached hydrogen (secondary N) is 2. The molecule has 1 aliphatic heterocycles. The number of hydrogen-bond donors (Lipinski definition) is 3. The number of anilines is 1. The molecule has 0 saturated carbocycles. The Balaban J connectivity index is 0.00000300. The largest absolute Gasteiger partial charge is 0.508 e. The van der Waals surface area contributed by atoms with E-state index in [1.165, 1.54) is 12.1 Å². The van der Waals surface area contributed by atoms with Crippen LogP contribution in [0, 0.1) is 11.6 Å².